The lowest BCUT2D eigenvalue weighted by molar-refractivity contribution is 0.105. The highest BCUT2D eigenvalue weighted by Gasteiger charge is 2.33. The van der Waals surface area contributed by atoms with Crippen LogP contribution < -0.4 is 0 Å². The Morgan fingerprint density at radius 3 is 2.09 bits per heavy atom. The van der Waals surface area contributed by atoms with Crippen molar-refractivity contribution in [1.82, 2.24) is 4.90 Å². The predicted octanol–water partition coefficient (Wildman–Crippen LogP) is 4.24. The molecule has 4 rings (SSSR count). The van der Waals surface area contributed by atoms with Crippen molar-refractivity contribution >= 4 is 17.1 Å². The lowest BCUT2D eigenvalue weighted by Crippen LogP contribution is -2.28. The highest BCUT2D eigenvalue weighted by Crippen LogP contribution is 2.40. The lowest BCUT2D eigenvalue weighted by atomic mass is 10.0. The molecule has 2 aromatic carbocycles. The molecular weight excluding hydrogens is 270 g/mol. The van der Waals surface area contributed by atoms with E-state index in [0.29, 0.717) is 0 Å². The van der Waals surface area contributed by atoms with Crippen LogP contribution >= 0.6 is 0 Å². The van der Waals surface area contributed by atoms with E-state index in [1.807, 2.05) is 48.5 Å². The average Bonchev–Trinajstić information content (AvgIpc) is 2.90. The Labute approximate surface area is 131 Å². The number of hydrogen-bond donors (Lipinski definition) is 0. The zero-order valence-corrected chi connectivity index (χ0v) is 12.6. The quantitative estimate of drug-likeness (QED) is 0.824. The molecule has 0 aromatic heterocycles. The molecule has 1 saturated heterocycles. The first kappa shape index (κ1) is 13.3. The normalized spacial score (nSPS) is 17.8. The standard InChI is InChI=1S/C20H19NO/c22-20-17-12-6-5-11-16(17)19(21-13-7-2-8-14-21)18(20)15-9-3-1-4-10-15/h1,3-6,9-12H,2,7-8,13-14H2. The van der Waals surface area contributed by atoms with E-state index in [1.165, 1.54) is 19.3 Å². The number of piperidine rings is 1. The first-order valence-electron chi connectivity index (χ1n) is 8.05. The van der Waals surface area contributed by atoms with Gasteiger partial charge >= 0.3 is 0 Å². The van der Waals surface area contributed by atoms with Crippen LogP contribution in [0.5, 0.6) is 0 Å². The van der Waals surface area contributed by atoms with E-state index in [4.69, 9.17) is 0 Å². The number of carbonyl (C=O) groups is 1. The number of Topliss-reactive ketones (excluding diaryl/α,β-unsaturated/α-hetero) is 1. The summed E-state index contributed by atoms with van der Waals surface area (Å²) in [6.45, 7) is 2.10. The van der Waals surface area contributed by atoms with Crippen LogP contribution in [0.1, 0.15) is 40.7 Å². The van der Waals surface area contributed by atoms with Crippen molar-refractivity contribution in [2.45, 2.75) is 19.3 Å². The van der Waals surface area contributed by atoms with E-state index in [9.17, 15) is 4.79 Å². The van der Waals surface area contributed by atoms with Gasteiger partial charge in [-0.3, -0.25) is 4.79 Å². The van der Waals surface area contributed by atoms with Gasteiger partial charge in [0.2, 0.25) is 0 Å². The van der Waals surface area contributed by atoms with Gasteiger partial charge in [-0.25, -0.2) is 0 Å². The van der Waals surface area contributed by atoms with Crippen molar-refractivity contribution in [3.8, 4) is 0 Å². The number of rotatable bonds is 2. The van der Waals surface area contributed by atoms with Crippen LogP contribution in [0.15, 0.2) is 54.6 Å². The van der Waals surface area contributed by atoms with Crippen LogP contribution in [-0.2, 0) is 0 Å². The van der Waals surface area contributed by atoms with Gasteiger partial charge in [0.1, 0.15) is 0 Å². The molecule has 0 atom stereocenters. The summed E-state index contributed by atoms with van der Waals surface area (Å²) in [6.07, 6.45) is 3.71. The Morgan fingerprint density at radius 2 is 1.36 bits per heavy atom. The van der Waals surface area contributed by atoms with Gasteiger partial charge in [-0.15, -0.1) is 0 Å². The molecule has 0 radical (unpaired) electrons. The van der Waals surface area contributed by atoms with Gasteiger partial charge in [0.05, 0.1) is 11.3 Å². The minimum Gasteiger partial charge on any atom is -0.370 e. The fourth-order valence-corrected chi connectivity index (χ4v) is 3.58. The maximum absolute atomic E-state index is 13.0. The molecule has 0 amide bonds. The fourth-order valence-electron chi connectivity index (χ4n) is 3.58. The molecule has 1 aliphatic heterocycles. The van der Waals surface area contributed by atoms with Crippen molar-refractivity contribution in [2.75, 3.05) is 13.1 Å². The molecule has 2 aliphatic rings. The Bertz CT molecular complexity index is 739. The molecule has 22 heavy (non-hydrogen) atoms. The number of nitrogens with zero attached hydrogens (tertiary/aromatic N) is 1. The summed E-state index contributed by atoms with van der Waals surface area (Å²) in [5.41, 5.74) is 5.01. The largest absolute Gasteiger partial charge is 0.370 e. The summed E-state index contributed by atoms with van der Waals surface area (Å²) in [6, 6.07) is 18.1. The summed E-state index contributed by atoms with van der Waals surface area (Å²) >= 11 is 0. The van der Waals surface area contributed by atoms with E-state index in [-0.39, 0.29) is 5.78 Å². The van der Waals surface area contributed by atoms with Crippen molar-refractivity contribution in [3.63, 3.8) is 0 Å². The van der Waals surface area contributed by atoms with Gasteiger partial charge in [0.15, 0.2) is 5.78 Å². The Balaban J connectivity index is 1.91. The number of carbonyl (C=O) groups excluding carboxylic acids is 1. The molecule has 110 valence electrons. The van der Waals surface area contributed by atoms with E-state index in [2.05, 4.69) is 11.0 Å². The maximum atomic E-state index is 13.0. The first-order chi connectivity index (χ1) is 10.9. The summed E-state index contributed by atoms with van der Waals surface area (Å²) in [5, 5.41) is 0. The average molecular weight is 289 g/mol. The third kappa shape index (κ3) is 2.07. The third-order valence-electron chi connectivity index (χ3n) is 4.63. The van der Waals surface area contributed by atoms with Gasteiger partial charge in [-0.05, 0) is 24.8 Å². The van der Waals surface area contributed by atoms with Crippen LogP contribution in [0.4, 0.5) is 0 Å². The molecule has 2 aromatic rings. The second-order valence-electron chi connectivity index (χ2n) is 6.01. The number of hydrogen-bond acceptors (Lipinski definition) is 2. The van der Waals surface area contributed by atoms with Crippen molar-refractivity contribution in [1.29, 1.82) is 0 Å². The lowest BCUT2D eigenvalue weighted by Gasteiger charge is -2.31. The zero-order chi connectivity index (χ0) is 14.9. The molecule has 0 unspecified atom stereocenters. The van der Waals surface area contributed by atoms with Crippen LogP contribution in [0, 0.1) is 0 Å². The fraction of sp³-hybridized carbons (Fsp3) is 0.250. The Hall–Kier alpha value is -2.35. The Morgan fingerprint density at radius 1 is 0.727 bits per heavy atom. The number of benzene rings is 2. The van der Waals surface area contributed by atoms with Gasteiger partial charge in [0.25, 0.3) is 0 Å². The van der Waals surface area contributed by atoms with Gasteiger partial charge < -0.3 is 4.90 Å². The highest BCUT2D eigenvalue weighted by atomic mass is 16.1. The molecule has 0 bridgehead atoms. The monoisotopic (exact) mass is 289 g/mol. The number of ketones is 1. The molecule has 0 spiro atoms. The van der Waals surface area contributed by atoms with Crippen LogP contribution in [0.3, 0.4) is 0 Å². The third-order valence-corrected chi connectivity index (χ3v) is 4.63. The van der Waals surface area contributed by atoms with Crippen molar-refractivity contribution in [2.24, 2.45) is 0 Å². The van der Waals surface area contributed by atoms with E-state index in [0.717, 1.165) is 41.1 Å². The number of allylic oxidation sites excluding steroid dienone is 1. The van der Waals surface area contributed by atoms with E-state index < -0.39 is 0 Å². The van der Waals surface area contributed by atoms with Crippen molar-refractivity contribution in [3.05, 3.63) is 71.3 Å². The van der Waals surface area contributed by atoms with E-state index >= 15 is 0 Å². The number of fused-ring (bicyclic) bond motifs is 1. The van der Waals surface area contributed by atoms with E-state index in [1.54, 1.807) is 0 Å². The molecule has 0 N–H and O–H groups in total. The maximum Gasteiger partial charge on any atom is 0.196 e. The summed E-state index contributed by atoms with van der Waals surface area (Å²) in [5.74, 6) is 0.169. The molecule has 1 fully saturated rings. The second-order valence-corrected chi connectivity index (χ2v) is 6.01. The minimum absolute atomic E-state index is 0.169. The van der Waals surface area contributed by atoms with Crippen LogP contribution in [0.25, 0.3) is 11.3 Å². The van der Waals surface area contributed by atoms with Gasteiger partial charge in [-0.1, -0.05) is 54.6 Å². The van der Waals surface area contributed by atoms with Gasteiger partial charge in [-0.2, -0.15) is 0 Å². The predicted molar refractivity (Wildman–Crippen MR) is 89.5 cm³/mol. The molecule has 1 heterocycles. The van der Waals surface area contributed by atoms with Crippen LogP contribution in [-0.4, -0.2) is 23.8 Å². The second kappa shape index (κ2) is 5.45. The first-order valence-corrected chi connectivity index (χ1v) is 8.05. The topological polar surface area (TPSA) is 20.3 Å². The molecule has 1 aliphatic carbocycles. The molecular formula is C20H19NO. The van der Waals surface area contributed by atoms with Crippen LogP contribution in [0.2, 0.25) is 0 Å². The van der Waals surface area contributed by atoms with Crippen molar-refractivity contribution < 1.29 is 4.79 Å². The van der Waals surface area contributed by atoms with Gasteiger partial charge in [0, 0.05) is 24.2 Å². The molecule has 0 saturated carbocycles. The smallest absolute Gasteiger partial charge is 0.196 e. The minimum atomic E-state index is 0.169. The number of likely N-dealkylation sites (tertiary alicyclic amines) is 1. The Kier molecular flexibility index (Phi) is 3.30. The molecule has 2 nitrogen and oxygen atoms in total. The highest BCUT2D eigenvalue weighted by molar-refractivity contribution is 6.39. The summed E-state index contributed by atoms with van der Waals surface area (Å²) in [4.78, 5) is 15.4. The SMILES string of the molecule is O=C1C(c2ccccc2)=C(N2CCCCC2)c2ccccc21. The summed E-state index contributed by atoms with van der Waals surface area (Å²) in [7, 11) is 0. The zero-order valence-electron chi connectivity index (χ0n) is 12.6. The summed E-state index contributed by atoms with van der Waals surface area (Å²) < 4.78 is 0. The molecule has 2 heteroatoms.